The van der Waals surface area contributed by atoms with Gasteiger partial charge < -0.3 is 20.0 Å². The van der Waals surface area contributed by atoms with Gasteiger partial charge in [-0.2, -0.15) is 0 Å². The second-order valence-electron chi connectivity index (χ2n) is 10.4. The van der Waals surface area contributed by atoms with Crippen molar-refractivity contribution in [2.75, 3.05) is 24.6 Å². The van der Waals surface area contributed by atoms with Crippen LogP contribution in [0.3, 0.4) is 0 Å². The first-order chi connectivity index (χ1) is 16.6. The van der Waals surface area contributed by atoms with Crippen LogP contribution in [0.25, 0.3) is 0 Å². The molecule has 8 heteroatoms. The molecule has 3 aliphatic rings. The van der Waals surface area contributed by atoms with Crippen LogP contribution in [0.4, 0.5) is 5.69 Å². The average Bonchev–Trinajstić information content (AvgIpc) is 3.36. The zero-order chi connectivity index (χ0) is 25.5. The van der Waals surface area contributed by atoms with Crippen LogP contribution in [0.2, 0.25) is 0 Å². The van der Waals surface area contributed by atoms with Gasteiger partial charge in [-0.15, -0.1) is 18.3 Å². The first kappa shape index (κ1) is 25.8. The van der Waals surface area contributed by atoms with Crippen molar-refractivity contribution in [3.63, 3.8) is 0 Å². The molecule has 0 aliphatic carbocycles. The monoisotopic (exact) mass is 500 g/mol. The Kier molecular flexibility index (Phi) is 7.08. The van der Waals surface area contributed by atoms with Crippen molar-refractivity contribution in [2.45, 2.75) is 68.4 Å². The van der Waals surface area contributed by atoms with Gasteiger partial charge in [-0.1, -0.05) is 24.3 Å². The van der Waals surface area contributed by atoms with Gasteiger partial charge >= 0.3 is 5.97 Å². The minimum absolute atomic E-state index is 0.0812. The summed E-state index contributed by atoms with van der Waals surface area (Å²) in [6.45, 7) is 10.5. The highest BCUT2D eigenvalue weighted by molar-refractivity contribution is 8.02. The number of carboxylic acids is 1. The van der Waals surface area contributed by atoms with Crippen LogP contribution >= 0.6 is 11.8 Å². The van der Waals surface area contributed by atoms with E-state index in [-0.39, 0.29) is 18.4 Å². The number of anilines is 1. The summed E-state index contributed by atoms with van der Waals surface area (Å²) in [7, 11) is 0. The van der Waals surface area contributed by atoms with E-state index in [1.807, 2.05) is 39.0 Å². The lowest BCUT2D eigenvalue weighted by Gasteiger charge is -2.38. The normalized spacial score (nSPS) is 31.0. The molecule has 0 saturated carbocycles. The summed E-state index contributed by atoms with van der Waals surface area (Å²) in [4.78, 5) is 44.1. The highest BCUT2D eigenvalue weighted by Crippen LogP contribution is 2.71. The number of carbonyl (C=O) groups is 3. The van der Waals surface area contributed by atoms with Crippen LogP contribution in [-0.4, -0.2) is 68.1 Å². The van der Waals surface area contributed by atoms with E-state index in [1.54, 1.807) is 27.6 Å². The molecule has 35 heavy (non-hydrogen) atoms. The lowest BCUT2D eigenvalue weighted by atomic mass is 9.66. The number of carbonyl (C=O) groups excluding carboxylic acids is 2. The maximum Gasteiger partial charge on any atom is 0.308 e. The molecule has 2 bridgehead atoms. The van der Waals surface area contributed by atoms with Gasteiger partial charge in [0.1, 0.15) is 6.04 Å². The van der Waals surface area contributed by atoms with Crippen molar-refractivity contribution in [3.05, 3.63) is 42.0 Å². The minimum atomic E-state index is -0.953. The molecule has 3 saturated heterocycles. The molecule has 5 atom stereocenters. The molecule has 0 radical (unpaired) electrons. The van der Waals surface area contributed by atoms with E-state index in [2.05, 4.69) is 6.58 Å². The number of hydrogen-bond acceptors (Lipinski definition) is 5. The van der Waals surface area contributed by atoms with Crippen molar-refractivity contribution in [1.82, 2.24) is 4.90 Å². The number of aliphatic hydroxyl groups is 1. The molecule has 3 aliphatic heterocycles. The summed E-state index contributed by atoms with van der Waals surface area (Å²) in [5, 5.41) is 19.3. The number of aliphatic carboxylic acids is 1. The third-order valence-corrected chi connectivity index (χ3v) is 10.1. The number of fused-ring (bicyclic) bond motifs is 1. The summed E-state index contributed by atoms with van der Waals surface area (Å²) in [5.74, 6) is -2.84. The minimum Gasteiger partial charge on any atom is -0.481 e. The lowest BCUT2D eigenvalue weighted by Crippen LogP contribution is -2.55. The van der Waals surface area contributed by atoms with Gasteiger partial charge in [0.25, 0.3) is 5.91 Å². The molecule has 7 nitrogen and oxygen atoms in total. The highest BCUT2D eigenvalue weighted by atomic mass is 32.2. The predicted molar refractivity (Wildman–Crippen MR) is 137 cm³/mol. The Labute approximate surface area is 211 Å². The molecule has 1 aromatic carbocycles. The lowest BCUT2D eigenvalue weighted by molar-refractivity contribution is -0.150. The van der Waals surface area contributed by atoms with Crippen LogP contribution in [0.1, 0.15) is 50.2 Å². The number of aryl methyl sites for hydroxylation is 2. The number of hydrogen-bond donors (Lipinski definition) is 2. The van der Waals surface area contributed by atoms with Crippen molar-refractivity contribution >= 4 is 35.2 Å². The molecular formula is C27H36N2O5S. The third kappa shape index (κ3) is 3.99. The molecule has 2 N–H and O–H groups in total. The largest absolute Gasteiger partial charge is 0.481 e. The molecule has 2 amide bonds. The number of thioether (sulfide) groups is 1. The highest BCUT2D eigenvalue weighted by Gasteiger charge is 2.77. The molecule has 190 valence electrons. The summed E-state index contributed by atoms with van der Waals surface area (Å²) >= 11 is 1.56. The van der Waals surface area contributed by atoms with Crippen LogP contribution in [0.15, 0.2) is 30.9 Å². The molecule has 2 unspecified atom stereocenters. The number of aliphatic hydroxyl groups excluding tert-OH is 1. The average molecular weight is 501 g/mol. The zero-order valence-electron chi connectivity index (χ0n) is 20.8. The maximum absolute atomic E-state index is 14.5. The van der Waals surface area contributed by atoms with Gasteiger partial charge in [0, 0.05) is 30.1 Å². The quantitative estimate of drug-likeness (QED) is 0.377. The predicted octanol–water partition coefficient (Wildman–Crippen LogP) is 3.55. The van der Waals surface area contributed by atoms with Crippen molar-refractivity contribution in [1.29, 1.82) is 0 Å². The first-order valence-corrected chi connectivity index (χ1v) is 13.3. The fourth-order valence-electron chi connectivity index (χ4n) is 6.69. The summed E-state index contributed by atoms with van der Waals surface area (Å²) in [6, 6.07) is 5.16. The van der Waals surface area contributed by atoms with E-state index in [9.17, 15) is 24.6 Å². The number of rotatable bonds is 10. The number of likely N-dealkylation sites (tertiary alicyclic amines) is 1. The van der Waals surface area contributed by atoms with Gasteiger partial charge in [0.15, 0.2) is 0 Å². The van der Waals surface area contributed by atoms with Crippen LogP contribution < -0.4 is 4.90 Å². The van der Waals surface area contributed by atoms with E-state index >= 15 is 0 Å². The third-order valence-electron chi connectivity index (χ3n) is 8.12. The second-order valence-corrected chi connectivity index (χ2v) is 12.3. The van der Waals surface area contributed by atoms with Crippen LogP contribution in [-0.2, 0) is 14.4 Å². The van der Waals surface area contributed by atoms with E-state index in [4.69, 9.17) is 0 Å². The standard InChI is InChI=1S/C27H36N2O5S/c1-5-14-28(21-17(2)10-9-11-18(21)3)24(32)22-27-13-12-26(4,35-27)20(25(33)34)19(27)23(31)29(22)15-7-6-8-16-30/h5,9-11,19-20,22,30H,1,6-8,12-16H2,2-4H3,(H,33,34)/t19-,20+,22?,26-,27?/m0/s1. The van der Waals surface area contributed by atoms with Crippen molar-refractivity contribution < 1.29 is 24.6 Å². The Morgan fingerprint density at radius 1 is 1.23 bits per heavy atom. The Hall–Kier alpha value is -2.32. The number of nitrogens with zero attached hydrogens (tertiary/aromatic N) is 2. The molecule has 3 fully saturated rings. The van der Waals surface area contributed by atoms with E-state index in [0.717, 1.165) is 23.2 Å². The molecule has 0 aromatic heterocycles. The summed E-state index contributed by atoms with van der Waals surface area (Å²) in [6.07, 6.45) is 5.04. The Bertz CT molecular complexity index is 1020. The molecule has 3 heterocycles. The van der Waals surface area contributed by atoms with Gasteiger partial charge in [0.05, 0.1) is 16.6 Å². The number of carboxylic acid groups (broad SMARTS) is 1. The number of benzene rings is 1. The Balaban J connectivity index is 1.79. The second kappa shape index (κ2) is 9.62. The fourth-order valence-corrected chi connectivity index (χ4v) is 9.04. The first-order valence-electron chi connectivity index (χ1n) is 12.5. The van der Waals surface area contributed by atoms with Gasteiger partial charge in [-0.25, -0.2) is 0 Å². The van der Waals surface area contributed by atoms with Crippen molar-refractivity contribution in [2.24, 2.45) is 11.8 Å². The van der Waals surface area contributed by atoms with Gasteiger partial charge in [0.2, 0.25) is 5.91 Å². The smallest absolute Gasteiger partial charge is 0.308 e. The topological polar surface area (TPSA) is 98.2 Å². The van der Waals surface area contributed by atoms with Gasteiger partial charge in [-0.05, 0) is 64.0 Å². The zero-order valence-corrected chi connectivity index (χ0v) is 21.6. The molecular weight excluding hydrogens is 464 g/mol. The number of unbranched alkanes of at least 4 members (excludes halogenated alkanes) is 2. The van der Waals surface area contributed by atoms with E-state index in [1.165, 1.54) is 0 Å². The van der Waals surface area contributed by atoms with Gasteiger partial charge in [-0.3, -0.25) is 14.4 Å². The van der Waals surface area contributed by atoms with Crippen molar-refractivity contribution in [3.8, 4) is 0 Å². The molecule has 1 aromatic rings. The fraction of sp³-hybridized carbons (Fsp3) is 0.593. The SMILES string of the molecule is C=CCN(C(=O)C1N(CCCCCO)C(=O)[C@@H]2[C@H](C(=O)O)[C@]3(C)CCC12S3)c1c(C)cccc1C. The Morgan fingerprint density at radius 3 is 2.51 bits per heavy atom. The summed E-state index contributed by atoms with van der Waals surface area (Å²) < 4.78 is -1.31. The molecule has 1 spiro atoms. The van der Waals surface area contributed by atoms with E-state index < -0.39 is 33.3 Å². The van der Waals surface area contributed by atoms with E-state index in [0.29, 0.717) is 38.8 Å². The summed E-state index contributed by atoms with van der Waals surface area (Å²) in [5.41, 5.74) is 2.75. The number of para-hydroxylation sites is 1. The van der Waals surface area contributed by atoms with Crippen LogP contribution in [0.5, 0.6) is 0 Å². The van der Waals surface area contributed by atoms with Crippen LogP contribution in [0, 0.1) is 25.7 Å². The molecule has 4 rings (SSSR count). The Morgan fingerprint density at radius 2 is 1.91 bits per heavy atom. The maximum atomic E-state index is 14.5. The number of amides is 2.